The molecule has 0 nitrogen and oxygen atoms in total. The van der Waals surface area contributed by atoms with Crippen LogP contribution in [0.1, 0.15) is 81.8 Å². The lowest BCUT2D eigenvalue weighted by molar-refractivity contribution is 0.405. The standard InChI is InChI=1S/C17H27Br/c1-11(2)13-8-9-14(15(10-13)12(3)4)16(18)17(5,6)7/h8-12,16H,1-7H3. The van der Waals surface area contributed by atoms with Gasteiger partial charge in [-0.25, -0.2) is 0 Å². The Balaban J connectivity index is 3.28. The zero-order valence-electron chi connectivity index (χ0n) is 12.8. The predicted octanol–water partition coefficient (Wildman–Crippen LogP) is 6.42. The van der Waals surface area contributed by atoms with Crippen molar-refractivity contribution in [3.8, 4) is 0 Å². The zero-order chi connectivity index (χ0) is 14.1. The molecule has 1 aromatic rings. The molecule has 0 fully saturated rings. The van der Waals surface area contributed by atoms with Gasteiger partial charge in [-0.05, 0) is 33.9 Å². The Morgan fingerprint density at radius 2 is 1.44 bits per heavy atom. The Labute approximate surface area is 121 Å². The molecule has 0 aliphatic heterocycles. The summed E-state index contributed by atoms with van der Waals surface area (Å²) in [5, 5.41) is 0. The van der Waals surface area contributed by atoms with Crippen LogP contribution in [-0.2, 0) is 0 Å². The van der Waals surface area contributed by atoms with Crippen LogP contribution in [0.3, 0.4) is 0 Å². The van der Waals surface area contributed by atoms with Crippen LogP contribution in [0.15, 0.2) is 18.2 Å². The normalized spacial score (nSPS) is 14.3. The molecule has 0 bridgehead atoms. The molecule has 0 radical (unpaired) electrons. The van der Waals surface area contributed by atoms with Gasteiger partial charge in [0.1, 0.15) is 0 Å². The van der Waals surface area contributed by atoms with Gasteiger partial charge in [0, 0.05) is 4.83 Å². The predicted molar refractivity (Wildman–Crippen MR) is 85.7 cm³/mol. The van der Waals surface area contributed by atoms with Crippen molar-refractivity contribution >= 4 is 15.9 Å². The van der Waals surface area contributed by atoms with Gasteiger partial charge in [-0.2, -0.15) is 0 Å². The molecule has 0 saturated heterocycles. The van der Waals surface area contributed by atoms with Crippen molar-refractivity contribution in [2.75, 3.05) is 0 Å². The zero-order valence-corrected chi connectivity index (χ0v) is 14.4. The summed E-state index contributed by atoms with van der Waals surface area (Å²) in [7, 11) is 0. The van der Waals surface area contributed by atoms with Crippen molar-refractivity contribution in [3.63, 3.8) is 0 Å². The third-order valence-corrected chi connectivity index (χ3v) is 5.30. The lowest BCUT2D eigenvalue weighted by atomic mass is 9.82. The van der Waals surface area contributed by atoms with Crippen LogP contribution in [0.25, 0.3) is 0 Å². The second kappa shape index (κ2) is 5.77. The van der Waals surface area contributed by atoms with Crippen molar-refractivity contribution in [1.82, 2.24) is 0 Å². The second-order valence-electron chi connectivity index (χ2n) is 6.93. The van der Waals surface area contributed by atoms with Gasteiger partial charge < -0.3 is 0 Å². The molecule has 18 heavy (non-hydrogen) atoms. The highest BCUT2D eigenvalue weighted by Crippen LogP contribution is 2.43. The lowest BCUT2D eigenvalue weighted by Crippen LogP contribution is -2.15. The molecule has 1 heteroatoms. The van der Waals surface area contributed by atoms with E-state index in [0.717, 1.165) is 0 Å². The average Bonchev–Trinajstić information content (AvgIpc) is 2.25. The topological polar surface area (TPSA) is 0 Å². The molecule has 1 rings (SSSR count). The van der Waals surface area contributed by atoms with Crippen molar-refractivity contribution in [2.45, 2.75) is 65.1 Å². The number of hydrogen-bond acceptors (Lipinski definition) is 0. The smallest absolute Gasteiger partial charge is 0.0446 e. The fourth-order valence-electron chi connectivity index (χ4n) is 2.15. The molecule has 0 aromatic heterocycles. The molecule has 1 unspecified atom stereocenters. The number of hydrogen-bond donors (Lipinski definition) is 0. The van der Waals surface area contributed by atoms with Gasteiger partial charge >= 0.3 is 0 Å². The summed E-state index contributed by atoms with van der Waals surface area (Å²) in [5.74, 6) is 1.17. The van der Waals surface area contributed by atoms with E-state index in [1.165, 1.54) is 16.7 Å². The molecule has 0 saturated carbocycles. The van der Waals surface area contributed by atoms with E-state index in [1.54, 1.807) is 0 Å². The maximum Gasteiger partial charge on any atom is 0.0446 e. The number of halogens is 1. The fourth-order valence-corrected chi connectivity index (χ4v) is 2.57. The molecule has 0 heterocycles. The quantitative estimate of drug-likeness (QED) is 0.565. The third-order valence-electron chi connectivity index (χ3n) is 3.43. The molecule has 0 aliphatic carbocycles. The molecule has 102 valence electrons. The first-order chi connectivity index (χ1) is 8.14. The van der Waals surface area contributed by atoms with Gasteiger partial charge in [-0.3, -0.25) is 0 Å². The van der Waals surface area contributed by atoms with Crippen LogP contribution in [0.5, 0.6) is 0 Å². The number of alkyl halides is 1. The monoisotopic (exact) mass is 310 g/mol. The van der Waals surface area contributed by atoms with Crippen LogP contribution in [-0.4, -0.2) is 0 Å². The highest BCUT2D eigenvalue weighted by molar-refractivity contribution is 9.09. The minimum atomic E-state index is 0.239. The van der Waals surface area contributed by atoms with Crippen molar-refractivity contribution in [2.24, 2.45) is 5.41 Å². The maximum absolute atomic E-state index is 3.89. The van der Waals surface area contributed by atoms with Gasteiger partial charge in [0.15, 0.2) is 0 Å². The Morgan fingerprint density at radius 3 is 1.83 bits per heavy atom. The second-order valence-corrected chi connectivity index (χ2v) is 7.84. The minimum absolute atomic E-state index is 0.239. The Hall–Kier alpha value is -0.300. The summed E-state index contributed by atoms with van der Waals surface area (Å²) in [6.07, 6.45) is 0. The van der Waals surface area contributed by atoms with Crippen molar-refractivity contribution < 1.29 is 0 Å². The molecule has 1 aromatic carbocycles. The van der Waals surface area contributed by atoms with Gasteiger partial charge in [0.05, 0.1) is 0 Å². The molecule has 0 N–H and O–H groups in total. The summed E-state index contributed by atoms with van der Waals surface area (Å²) in [5.41, 5.74) is 4.61. The van der Waals surface area contributed by atoms with E-state index in [9.17, 15) is 0 Å². The van der Waals surface area contributed by atoms with Gasteiger partial charge in [0.25, 0.3) is 0 Å². The fraction of sp³-hybridized carbons (Fsp3) is 0.647. The first-order valence-electron chi connectivity index (χ1n) is 6.92. The highest BCUT2D eigenvalue weighted by Gasteiger charge is 2.26. The maximum atomic E-state index is 3.89. The van der Waals surface area contributed by atoms with Crippen LogP contribution in [0, 0.1) is 5.41 Å². The first-order valence-corrected chi connectivity index (χ1v) is 7.84. The van der Waals surface area contributed by atoms with E-state index >= 15 is 0 Å². The van der Waals surface area contributed by atoms with E-state index in [4.69, 9.17) is 0 Å². The summed E-state index contributed by atoms with van der Waals surface area (Å²) in [4.78, 5) is 0.406. The Morgan fingerprint density at radius 1 is 0.889 bits per heavy atom. The SMILES string of the molecule is CC(C)c1ccc(C(Br)C(C)(C)C)c(C(C)C)c1. The minimum Gasteiger partial charge on any atom is -0.0833 e. The number of rotatable bonds is 3. The van der Waals surface area contributed by atoms with Gasteiger partial charge in [0.2, 0.25) is 0 Å². The van der Waals surface area contributed by atoms with Gasteiger partial charge in [-0.1, -0.05) is 82.6 Å². The summed E-state index contributed by atoms with van der Waals surface area (Å²) in [6.45, 7) is 15.9. The van der Waals surface area contributed by atoms with E-state index in [2.05, 4.69) is 82.6 Å². The van der Waals surface area contributed by atoms with Crippen LogP contribution < -0.4 is 0 Å². The van der Waals surface area contributed by atoms with Crippen LogP contribution >= 0.6 is 15.9 Å². The summed E-state index contributed by atoms with van der Waals surface area (Å²) in [6, 6.07) is 6.99. The largest absolute Gasteiger partial charge is 0.0833 e. The summed E-state index contributed by atoms with van der Waals surface area (Å²) < 4.78 is 0. The summed E-state index contributed by atoms with van der Waals surface area (Å²) >= 11 is 3.89. The molecule has 0 spiro atoms. The molecular weight excluding hydrogens is 284 g/mol. The van der Waals surface area contributed by atoms with E-state index in [1.807, 2.05) is 0 Å². The van der Waals surface area contributed by atoms with Crippen LogP contribution in [0.2, 0.25) is 0 Å². The third kappa shape index (κ3) is 3.60. The number of benzene rings is 1. The molecule has 1 atom stereocenters. The van der Waals surface area contributed by atoms with Crippen LogP contribution in [0.4, 0.5) is 0 Å². The van der Waals surface area contributed by atoms with Gasteiger partial charge in [-0.15, -0.1) is 0 Å². The van der Waals surface area contributed by atoms with E-state index < -0.39 is 0 Å². The van der Waals surface area contributed by atoms with Crippen molar-refractivity contribution in [3.05, 3.63) is 34.9 Å². The highest BCUT2D eigenvalue weighted by atomic mass is 79.9. The lowest BCUT2D eigenvalue weighted by Gasteiger charge is -2.29. The van der Waals surface area contributed by atoms with E-state index in [-0.39, 0.29) is 5.41 Å². The Kier molecular flexibility index (Phi) is 5.05. The van der Waals surface area contributed by atoms with Crippen molar-refractivity contribution in [1.29, 1.82) is 0 Å². The molecule has 0 amide bonds. The Bertz CT molecular complexity index is 397. The first kappa shape index (κ1) is 15.8. The molecule has 0 aliphatic rings. The molecular formula is C17H27Br. The van der Waals surface area contributed by atoms with E-state index in [0.29, 0.717) is 16.7 Å². The average molecular weight is 311 g/mol.